The van der Waals surface area contributed by atoms with Crippen molar-refractivity contribution in [2.45, 2.75) is 43.5 Å². The predicted molar refractivity (Wildman–Crippen MR) is 121 cm³/mol. The number of hydrogen-bond donors (Lipinski definition) is 3. The quantitative estimate of drug-likeness (QED) is 0.555. The van der Waals surface area contributed by atoms with Gasteiger partial charge in [-0.3, -0.25) is 20.4 Å². The smallest absolute Gasteiger partial charge is 0.253 e. The normalized spacial score (nSPS) is 18.8. The largest absolute Gasteiger partial charge is 0.338 e. The van der Waals surface area contributed by atoms with Crippen LogP contribution in [-0.2, 0) is 14.8 Å². The van der Waals surface area contributed by atoms with E-state index < -0.39 is 10.0 Å². The van der Waals surface area contributed by atoms with Gasteiger partial charge in [0, 0.05) is 24.7 Å². The van der Waals surface area contributed by atoms with Crippen LogP contribution in [0.1, 0.15) is 41.6 Å². The van der Waals surface area contributed by atoms with Crippen LogP contribution in [0.5, 0.6) is 0 Å². The van der Waals surface area contributed by atoms with E-state index in [0.29, 0.717) is 30.8 Å². The molecule has 1 saturated carbocycles. The number of hydrazine groups is 1. The van der Waals surface area contributed by atoms with Crippen LogP contribution in [0.15, 0.2) is 53.4 Å². The van der Waals surface area contributed by atoms with E-state index in [9.17, 15) is 18.0 Å². The van der Waals surface area contributed by atoms with Crippen molar-refractivity contribution >= 4 is 27.5 Å². The second-order valence-electron chi connectivity index (χ2n) is 8.49. The summed E-state index contributed by atoms with van der Waals surface area (Å²) in [5.41, 5.74) is 7.81. The van der Waals surface area contributed by atoms with Crippen molar-refractivity contribution in [3.05, 3.63) is 59.7 Å². The summed E-state index contributed by atoms with van der Waals surface area (Å²) in [6, 6.07) is 13.7. The number of rotatable bonds is 7. The first-order valence-electron chi connectivity index (χ1n) is 10.9. The molecule has 32 heavy (non-hydrogen) atoms. The Hall–Kier alpha value is -2.91. The lowest BCUT2D eigenvalue weighted by Crippen LogP contribution is -2.46. The van der Waals surface area contributed by atoms with Crippen molar-refractivity contribution in [2.75, 3.05) is 18.5 Å². The van der Waals surface area contributed by atoms with E-state index in [1.807, 2.05) is 31.2 Å². The number of benzene rings is 2. The zero-order chi connectivity index (χ0) is 22.7. The highest BCUT2D eigenvalue weighted by Gasteiger charge is 2.29. The Morgan fingerprint density at radius 1 is 0.969 bits per heavy atom. The number of piperidine rings is 1. The molecule has 0 bridgehead atoms. The minimum Gasteiger partial charge on any atom is -0.338 e. The Balaban J connectivity index is 1.30. The van der Waals surface area contributed by atoms with Crippen LogP contribution < -0.4 is 15.6 Å². The van der Waals surface area contributed by atoms with E-state index >= 15 is 0 Å². The highest BCUT2D eigenvalue weighted by molar-refractivity contribution is 7.89. The molecular formula is C23H28N4O4S. The summed E-state index contributed by atoms with van der Waals surface area (Å²) in [6.45, 7) is 2.97. The molecule has 1 saturated heterocycles. The number of nitrogens with one attached hydrogen (secondary N) is 3. The number of nitrogens with zero attached hydrogens (tertiary/aromatic N) is 1. The molecule has 3 N–H and O–H groups in total. The molecule has 2 aromatic carbocycles. The average molecular weight is 457 g/mol. The molecule has 9 heteroatoms. The third-order valence-electron chi connectivity index (χ3n) is 5.77. The fourth-order valence-electron chi connectivity index (χ4n) is 3.70. The highest BCUT2D eigenvalue weighted by atomic mass is 32.2. The molecule has 2 amide bonds. The molecule has 0 spiro atoms. The van der Waals surface area contributed by atoms with Crippen molar-refractivity contribution in [2.24, 2.45) is 5.92 Å². The summed E-state index contributed by atoms with van der Waals surface area (Å²) in [7, 11) is -3.50. The van der Waals surface area contributed by atoms with E-state index in [1.165, 1.54) is 12.1 Å². The lowest BCUT2D eigenvalue weighted by atomic mass is 9.96. The van der Waals surface area contributed by atoms with Crippen molar-refractivity contribution in [3.63, 3.8) is 0 Å². The van der Waals surface area contributed by atoms with Gasteiger partial charge in [0.15, 0.2) is 0 Å². The number of carbonyl (C=O) groups is 2. The van der Waals surface area contributed by atoms with Crippen LogP contribution in [0.25, 0.3) is 0 Å². The third-order valence-corrected chi connectivity index (χ3v) is 7.31. The third kappa shape index (κ3) is 5.46. The molecule has 2 aromatic rings. The van der Waals surface area contributed by atoms with Crippen LogP contribution in [-0.4, -0.2) is 44.3 Å². The molecule has 1 aliphatic carbocycles. The van der Waals surface area contributed by atoms with Gasteiger partial charge in [-0.05, 0) is 69.0 Å². The molecule has 0 radical (unpaired) electrons. The van der Waals surface area contributed by atoms with Gasteiger partial charge in [-0.2, -0.15) is 0 Å². The van der Waals surface area contributed by atoms with Crippen LogP contribution in [0.3, 0.4) is 0 Å². The lowest BCUT2D eigenvalue weighted by Gasteiger charge is -2.32. The van der Waals surface area contributed by atoms with Gasteiger partial charge in [-0.1, -0.05) is 17.7 Å². The molecule has 2 fully saturated rings. The molecule has 1 unspecified atom stereocenters. The molecule has 4 rings (SSSR count). The van der Waals surface area contributed by atoms with E-state index in [-0.39, 0.29) is 28.7 Å². The van der Waals surface area contributed by atoms with Crippen LogP contribution >= 0.6 is 0 Å². The fourth-order valence-corrected chi connectivity index (χ4v) is 5.00. The van der Waals surface area contributed by atoms with E-state index in [2.05, 4.69) is 15.6 Å². The first-order valence-corrected chi connectivity index (χ1v) is 12.3. The highest BCUT2D eigenvalue weighted by Crippen LogP contribution is 2.23. The summed E-state index contributed by atoms with van der Waals surface area (Å²) in [6.07, 6.45) is 3.21. The fraction of sp³-hybridized carbons (Fsp3) is 0.391. The number of carbonyl (C=O) groups excluding carboxylic acids is 2. The Bertz CT molecular complexity index is 1080. The number of likely N-dealkylation sites (tertiary alicyclic amines) is 1. The van der Waals surface area contributed by atoms with Gasteiger partial charge in [0.1, 0.15) is 0 Å². The minimum atomic E-state index is -3.50. The van der Waals surface area contributed by atoms with Gasteiger partial charge >= 0.3 is 0 Å². The Labute approximate surface area is 188 Å². The number of amides is 2. The van der Waals surface area contributed by atoms with Gasteiger partial charge in [-0.15, -0.1) is 0 Å². The van der Waals surface area contributed by atoms with Gasteiger partial charge in [0.05, 0.1) is 16.5 Å². The van der Waals surface area contributed by atoms with E-state index in [4.69, 9.17) is 0 Å². The molecular weight excluding hydrogens is 428 g/mol. The first kappa shape index (κ1) is 22.3. The van der Waals surface area contributed by atoms with Crippen LogP contribution in [0.2, 0.25) is 0 Å². The summed E-state index contributed by atoms with van der Waals surface area (Å²) in [5.74, 6) is -0.571. The molecule has 2 aliphatic rings. The maximum atomic E-state index is 12.8. The Kier molecular flexibility index (Phi) is 6.48. The molecule has 0 aromatic heterocycles. The van der Waals surface area contributed by atoms with Crippen molar-refractivity contribution in [1.82, 2.24) is 15.0 Å². The minimum absolute atomic E-state index is 0.0463. The topological polar surface area (TPSA) is 108 Å². The molecule has 1 aliphatic heterocycles. The SMILES string of the molecule is Cc1ccc(C(=O)N2CCCC(C(=O)NNc3ccc(S(=O)(=O)NC4CC4)cc3)C2)cc1. The zero-order valence-electron chi connectivity index (χ0n) is 18.0. The zero-order valence-corrected chi connectivity index (χ0v) is 18.8. The molecule has 170 valence electrons. The lowest BCUT2D eigenvalue weighted by molar-refractivity contribution is -0.125. The van der Waals surface area contributed by atoms with Gasteiger partial charge in [-0.25, -0.2) is 13.1 Å². The molecule has 1 atom stereocenters. The number of hydrogen-bond acceptors (Lipinski definition) is 5. The second-order valence-corrected chi connectivity index (χ2v) is 10.2. The van der Waals surface area contributed by atoms with Gasteiger partial charge in [0.2, 0.25) is 15.9 Å². The van der Waals surface area contributed by atoms with Crippen molar-refractivity contribution in [3.8, 4) is 0 Å². The van der Waals surface area contributed by atoms with E-state index in [1.54, 1.807) is 17.0 Å². The Morgan fingerprint density at radius 3 is 2.31 bits per heavy atom. The monoisotopic (exact) mass is 456 g/mol. The summed E-state index contributed by atoms with van der Waals surface area (Å²) < 4.78 is 27.1. The summed E-state index contributed by atoms with van der Waals surface area (Å²) >= 11 is 0. The summed E-state index contributed by atoms with van der Waals surface area (Å²) in [4.78, 5) is 27.3. The Morgan fingerprint density at radius 2 is 1.66 bits per heavy atom. The average Bonchev–Trinajstić information content (AvgIpc) is 3.61. The molecule has 8 nitrogen and oxygen atoms in total. The number of anilines is 1. The second kappa shape index (κ2) is 9.30. The standard InChI is InChI=1S/C23H28N4O4S/c1-16-4-6-17(7-5-16)23(29)27-14-2-3-18(15-27)22(28)25-24-19-10-12-21(13-11-19)32(30,31)26-20-8-9-20/h4-7,10-13,18,20,24,26H,2-3,8-9,14-15H2,1H3,(H,25,28). The summed E-state index contributed by atoms with van der Waals surface area (Å²) in [5, 5.41) is 0. The number of aryl methyl sites for hydroxylation is 1. The molecule has 1 heterocycles. The maximum absolute atomic E-state index is 12.8. The predicted octanol–water partition coefficient (Wildman–Crippen LogP) is 2.43. The first-order chi connectivity index (χ1) is 15.3. The maximum Gasteiger partial charge on any atom is 0.253 e. The number of sulfonamides is 1. The van der Waals surface area contributed by atoms with E-state index in [0.717, 1.165) is 24.8 Å². The van der Waals surface area contributed by atoms with Crippen LogP contribution in [0.4, 0.5) is 5.69 Å². The van der Waals surface area contributed by atoms with Crippen molar-refractivity contribution < 1.29 is 18.0 Å². The van der Waals surface area contributed by atoms with Crippen LogP contribution in [0, 0.1) is 12.8 Å². The van der Waals surface area contributed by atoms with Crippen molar-refractivity contribution in [1.29, 1.82) is 0 Å². The van der Waals surface area contributed by atoms with Gasteiger partial charge < -0.3 is 4.90 Å². The van der Waals surface area contributed by atoms with Gasteiger partial charge in [0.25, 0.3) is 5.91 Å².